The number of nitrogens with zero attached hydrogens (tertiary/aromatic N) is 4. The summed E-state index contributed by atoms with van der Waals surface area (Å²) in [5, 5.41) is 12.4. The van der Waals surface area contributed by atoms with E-state index in [4.69, 9.17) is 9.88 Å². The Morgan fingerprint density at radius 2 is 1.96 bits per heavy atom. The van der Waals surface area contributed by atoms with E-state index in [-0.39, 0.29) is 11.5 Å². The molecule has 0 fully saturated rings. The van der Waals surface area contributed by atoms with E-state index in [2.05, 4.69) is 15.1 Å². The zero-order valence-electron chi connectivity index (χ0n) is 13.0. The smallest absolute Gasteiger partial charge is 0.238 e. The summed E-state index contributed by atoms with van der Waals surface area (Å²) in [4.78, 5) is 8.88. The van der Waals surface area contributed by atoms with Gasteiger partial charge in [0, 0.05) is 12.5 Å². The fraction of sp³-hybridized carbons (Fsp3) is 0.214. The second-order valence-corrected chi connectivity index (χ2v) is 7.61. The van der Waals surface area contributed by atoms with Crippen molar-refractivity contribution in [1.82, 2.24) is 19.7 Å². The van der Waals surface area contributed by atoms with Crippen LogP contribution in [0.3, 0.4) is 0 Å². The average molecular weight is 365 g/mol. The van der Waals surface area contributed by atoms with Crippen LogP contribution in [0.15, 0.2) is 34.5 Å². The van der Waals surface area contributed by atoms with Gasteiger partial charge < -0.3 is 4.74 Å². The first-order valence-electron chi connectivity index (χ1n) is 6.89. The standard InChI is InChI=1S/C14H15N5O3S2/c1-9-16-12(8-23-9)14-17-13(7-22-2)19(18-14)10-3-5-11(6-4-10)24(15,20)21/h3-6,8H,7H2,1-2H3,(H2,15,20,21). The summed E-state index contributed by atoms with van der Waals surface area (Å²) >= 11 is 1.52. The van der Waals surface area contributed by atoms with Gasteiger partial charge in [-0.1, -0.05) is 0 Å². The molecule has 8 nitrogen and oxygen atoms in total. The van der Waals surface area contributed by atoms with Gasteiger partial charge in [-0.2, -0.15) is 0 Å². The Bertz CT molecular complexity index is 961. The molecule has 0 saturated carbocycles. The van der Waals surface area contributed by atoms with Gasteiger partial charge in [0.25, 0.3) is 0 Å². The molecule has 0 aliphatic heterocycles. The van der Waals surface area contributed by atoms with Crippen molar-refractivity contribution in [3.8, 4) is 17.2 Å². The Hall–Kier alpha value is -2.14. The van der Waals surface area contributed by atoms with Crippen molar-refractivity contribution < 1.29 is 13.2 Å². The zero-order chi connectivity index (χ0) is 17.3. The molecule has 0 aliphatic carbocycles. The highest BCUT2D eigenvalue weighted by Crippen LogP contribution is 2.21. The molecule has 2 heterocycles. The Labute approximate surface area is 143 Å². The molecule has 24 heavy (non-hydrogen) atoms. The normalized spacial score (nSPS) is 11.8. The number of rotatable bonds is 5. The van der Waals surface area contributed by atoms with Crippen LogP contribution >= 0.6 is 11.3 Å². The molecule has 0 amide bonds. The number of hydrogen-bond donors (Lipinski definition) is 1. The number of primary sulfonamides is 1. The monoisotopic (exact) mass is 365 g/mol. The molecule has 0 radical (unpaired) electrons. The zero-order valence-corrected chi connectivity index (χ0v) is 14.6. The third-order valence-electron chi connectivity index (χ3n) is 3.21. The molecule has 10 heteroatoms. The van der Waals surface area contributed by atoms with Crippen LogP contribution in [0, 0.1) is 6.92 Å². The van der Waals surface area contributed by atoms with E-state index in [9.17, 15) is 8.42 Å². The number of aromatic nitrogens is 4. The van der Waals surface area contributed by atoms with Crippen molar-refractivity contribution in [1.29, 1.82) is 0 Å². The van der Waals surface area contributed by atoms with E-state index < -0.39 is 10.0 Å². The topological polar surface area (TPSA) is 113 Å². The van der Waals surface area contributed by atoms with Gasteiger partial charge in [-0.3, -0.25) is 0 Å². The van der Waals surface area contributed by atoms with Crippen molar-refractivity contribution in [3.05, 3.63) is 40.5 Å². The largest absolute Gasteiger partial charge is 0.377 e. The maximum atomic E-state index is 11.4. The molecule has 0 saturated heterocycles. The molecule has 0 atom stereocenters. The van der Waals surface area contributed by atoms with Crippen molar-refractivity contribution in [2.45, 2.75) is 18.4 Å². The Morgan fingerprint density at radius 1 is 1.25 bits per heavy atom. The summed E-state index contributed by atoms with van der Waals surface area (Å²) in [7, 11) is -2.17. The summed E-state index contributed by atoms with van der Waals surface area (Å²) in [5.74, 6) is 1.07. The van der Waals surface area contributed by atoms with E-state index in [0.717, 1.165) is 5.01 Å². The van der Waals surface area contributed by atoms with Crippen LogP contribution in [-0.2, 0) is 21.4 Å². The van der Waals surface area contributed by atoms with Gasteiger partial charge in [-0.25, -0.2) is 28.2 Å². The maximum Gasteiger partial charge on any atom is 0.238 e. The third kappa shape index (κ3) is 3.36. The Kier molecular flexibility index (Phi) is 4.45. The lowest BCUT2D eigenvalue weighted by atomic mass is 10.3. The number of nitrogens with two attached hydrogens (primary N) is 1. The predicted octanol–water partition coefficient (Wildman–Crippen LogP) is 1.49. The van der Waals surface area contributed by atoms with Crippen LogP contribution < -0.4 is 5.14 Å². The van der Waals surface area contributed by atoms with Gasteiger partial charge in [0.2, 0.25) is 15.8 Å². The summed E-state index contributed by atoms with van der Waals surface area (Å²) in [5.41, 5.74) is 1.34. The highest BCUT2D eigenvalue weighted by atomic mass is 32.2. The SMILES string of the molecule is COCc1nc(-c2csc(C)n2)nn1-c1ccc(S(N)(=O)=O)cc1. The van der Waals surface area contributed by atoms with Crippen LogP contribution in [0.2, 0.25) is 0 Å². The van der Waals surface area contributed by atoms with Gasteiger partial charge in [-0.15, -0.1) is 16.4 Å². The molecule has 2 N–H and O–H groups in total. The van der Waals surface area contributed by atoms with Crippen molar-refractivity contribution in [2.75, 3.05) is 7.11 Å². The fourth-order valence-electron chi connectivity index (χ4n) is 2.13. The molecular formula is C14H15N5O3S2. The second-order valence-electron chi connectivity index (χ2n) is 4.99. The highest BCUT2D eigenvalue weighted by Gasteiger charge is 2.16. The fourth-order valence-corrected chi connectivity index (χ4v) is 3.23. The minimum atomic E-state index is -3.74. The van der Waals surface area contributed by atoms with Crippen LogP contribution in [0.25, 0.3) is 17.2 Å². The second kappa shape index (κ2) is 6.40. The molecule has 1 aromatic carbocycles. The number of methoxy groups -OCH3 is 1. The van der Waals surface area contributed by atoms with E-state index in [1.807, 2.05) is 12.3 Å². The number of hydrogen-bond acceptors (Lipinski definition) is 7. The Morgan fingerprint density at radius 3 is 2.50 bits per heavy atom. The van der Waals surface area contributed by atoms with Crippen molar-refractivity contribution >= 4 is 21.4 Å². The lowest BCUT2D eigenvalue weighted by Gasteiger charge is -2.05. The molecule has 0 spiro atoms. The molecular weight excluding hydrogens is 350 g/mol. The van der Waals surface area contributed by atoms with Gasteiger partial charge in [0.05, 0.1) is 15.6 Å². The number of aryl methyl sites for hydroxylation is 1. The van der Waals surface area contributed by atoms with E-state index in [0.29, 0.717) is 23.0 Å². The Balaban J connectivity index is 2.04. The van der Waals surface area contributed by atoms with E-state index in [1.165, 1.54) is 23.5 Å². The molecule has 0 bridgehead atoms. The van der Waals surface area contributed by atoms with Gasteiger partial charge in [0.1, 0.15) is 12.3 Å². The maximum absolute atomic E-state index is 11.4. The van der Waals surface area contributed by atoms with Gasteiger partial charge in [-0.05, 0) is 31.2 Å². The minimum absolute atomic E-state index is 0.0370. The van der Waals surface area contributed by atoms with Crippen LogP contribution in [-0.4, -0.2) is 35.3 Å². The average Bonchev–Trinajstić information content (AvgIpc) is 3.13. The van der Waals surface area contributed by atoms with E-state index >= 15 is 0 Å². The van der Waals surface area contributed by atoms with Gasteiger partial charge >= 0.3 is 0 Å². The number of thiazole rings is 1. The third-order valence-corrected chi connectivity index (χ3v) is 4.91. The molecule has 3 rings (SSSR count). The number of ether oxygens (including phenoxy) is 1. The first-order valence-corrected chi connectivity index (χ1v) is 9.31. The molecule has 126 valence electrons. The quantitative estimate of drug-likeness (QED) is 0.733. The van der Waals surface area contributed by atoms with E-state index in [1.54, 1.807) is 23.9 Å². The summed E-state index contributed by atoms with van der Waals surface area (Å²) in [6.45, 7) is 2.17. The van der Waals surface area contributed by atoms with Crippen LogP contribution in [0.1, 0.15) is 10.8 Å². The van der Waals surface area contributed by atoms with Crippen molar-refractivity contribution in [3.63, 3.8) is 0 Å². The summed E-state index contributed by atoms with van der Waals surface area (Å²) in [6.07, 6.45) is 0. The number of benzene rings is 1. The van der Waals surface area contributed by atoms with Gasteiger partial charge in [0.15, 0.2) is 5.82 Å². The molecule has 2 aromatic heterocycles. The minimum Gasteiger partial charge on any atom is -0.377 e. The first kappa shape index (κ1) is 16.7. The highest BCUT2D eigenvalue weighted by molar-refractivity contribution is 7.89. The predicted molar refractivity (Wildman–Crippen MR) is 89.3 cm³/mol. The molecule has 3 aromatic rings. The van der Waals surface area contributed by atoms with Crippen molar-refractivity contribution in [2.24, 2.45) is 5.14 Å². The first-order chi connectivity index (χ1) is 11.4. The van der Waals surface area contributed by atoms with Crippen LogP contribution in [0.5, 0.6) is 0 Å². The van der Waals surface area contributed by atoms with Crippen LogP contribution in [0.4, 0.5) is 0 Å². The molecule has 0 unspecified atom stereocenters. The summed E-state index contributed by atoms with van der Waals surface area (Å²) in [6, 6.07) is 6.08. The molecule has 0 aliphatic rings. The lowest BCUT2D eigenvalue weighted by molar-refractivity contribution is 0.176. The summed E-state index contributed by atoms with van der Waals surface area (Å²) < 4.78 is 29.5. The lowest BCUT2D eigenvalue weighted by Crippen LogP contribution is -2.12. The number of sulfonamides is 1.